The number of carbonyl (C=O) groups excluding carboxylic acids is 2. The van der Waals surface area contributed by atoms with Gasteiger partial charge in [-0.15, -0.1) is 0 Å². The standard InChI is InChI=1S/C21H31N3O4/c1-14(2)18(11-15(3)21(27)28)24(5)20(26)17(23-19(25)13-22-4)12-16-9-7-6-8-10-16/h6-11,14,17-18,22H,12-13H2,1-5H3,(H,23,25)(H,27,28)/b15-11+. The third-order valence-electron chi connectivity index (χ3n) is 4.49. The molecule has 7 heteroatoms. The van der Waals surface area contributed by atoms with Crippen molar-refractivity contribution in [3.63, 3.8) is 0 Å². The van der Waals surface area contributed by atoms with Crippen molar-refractivity contribution in [1.82, 2.24) is 15.5 Å². The molecule has 0 aliphatic heterocycles. The third kappa shape index (κ3) is 7.15. The summed E-state index contributed by atoms with van der Waals surface area (Å²) in [6.07, 6.45) is 1.94. The molecule has 1 aromatic rings. The molecule has 1 aromatic carbocycles. The van der Waals surface area contributed by atoms with Gasteiger partial charge in [-0.1, -0.05) is 50.3 Å². The number of amides is 2. The SMILES string of the molecule is CNCC(=O)NC(Cc1ccccc1)C(=O)N(C)C(/C=C(\C)C(=O)O)C(C)C. The van der Waals surface area contributed by atoms with Gasteiger partial charge in [-0.05, 0) is 25.5 Å². The molecule has 0 spiro atoms. The van der Waals surface area contributed by atoms with Gasteiger partial charge in [0, 0.05) is 19.0 Å². The van der Waals surface area contributed by atoms with E-state index in [2.05, 4.69) is 10.6 Å². The van der Waals surface area contributed by atoms with Crippen LogP contribution in [0.3, 0.4) is 0 Å². The molecule has 0 radical (unpaired) electrons. The highest BCUT2D eigenvalue weighted by atomic mass is 16.4. The molecule has 0 saturated carbocycles. The average Bonchev–Trinajstić information content (AvgIpc) is 2.64. The highest BCUT2D eigenvalue weighted by Crippen LogP contribution is 2.16. The number of aliphatic carboxylic acids is 1. The van der Waals surface area contributed by atoms with Crippen LogP contribution in [0.2, 0.25) is 0 Å². The van der Waals surface area contributed by atoms with Gasteiger partial charge in [0.15, 0.2) is 0 Å². The summed E-state index contributed by atoms with van der Waals surface area (Å²) in [5.74, 6) is -1.55. The van der Waals surface area contributed by atoms with E-state index in [1.54, 1.807) is 20.2 Å². The average molecular weight is 389 g/mol. The van der Waals surface area contributed by atoms with Gasteiger partial charge in [0.1, 0.15) is 6.04 Å². The quantitative estimate of drug-likeness (QED) is 0.526. The second-order valence-electron chi connectivity index (χ2n) is 7.18. The molecule has 1 rings (SSSR count). The van der Waals surface area contributed by atoms with Gasteiger partial charge in [-0.3, -0.25) is 9.59 Å². The van der Waals surface area contributed by atoms with E-state index in [1.165, 1.54) is 11.8 Å². The Kier molecular flexibility index (Phi) is 9.38. The lowest BCUT2D eigenvalue weighted by molar-refractivity contribution is -0.137. The van der Waals surface area contributed by atoms with Crippen molar-refractivity contribution in [1.29, 1.82) is 0 Å². The van der Waals surface area contributed by atoms with Crippen molar-refractivity contribution < 1.29 is 19.5 Å². The highest BCUT2D eigenvalue weighted by molar-refractivity contribution is 5.89. The number of rotatable bonds is 10. The van der Waals surface area contributed by atoms with Crippen molar-refractivity contribution in [3.05, 3.63) is 47.5 Å². The fourth-order valence-electron chi connectivity index (χ4n) is 2.93. The van der Waals surface area contributed by atoms with Crippen LogP contribution in [0, 0.1) is 5.92 Å². The summed E-state index contributed by atoms with van der Waals surface area (Å²) in [5, 5.41) is 14.7. The zero-order valence-electron chi connectivity index (χ0n) is 17.2. The fraction of sp³-hybridized carbons (Fsp3) is 0.476. The summed E-state index contributed by atoms with van der Waals surface area (Å²) in [6, 6.07) is 8.31. The monoisotopic (exact) mass is 389 g/mol. The Morgan fingerprint density at radius 2 is 1.79 bits per heavy atom. The maximum atomic E-state index is 13.2. The van der Waals surface area contributed by atoms with Crippen molar-refractivity contribution in [2.45, 2.75) is 39.3 Å². The second kappa shape index (κ2) is 11.2. The molecule has 0 aromatic heterocycles. The van der Waals surface area contributed by atoms with Crippen LogP contribution < -0.4 is 10.6 Å². The van der Waals surface area contributed by atoms with E-state index < -0.39 is 18.1 Å². The van der Waals surface area contributed by atoms with Gasteiger partial charge >= 0.3 is 5.97 Å². The molecule has 0 aliphatic carbocycles. The number of hydrogen-bond donors (Lipinski definition) is 3. The number of carboxylic acids is 1. The predicted molar refractivity (Wildman–Crippen MR) is 109 cm³/mol. The number of nitrogens with zero attached hydrogens (tertiary/aromatic N) is 1. The molecular formula is C21H31N3O4. The molecule has 0 fully saturated rings. The zero-order valence-corrected chi connectivity index (χ0v) is 17.2. The van der Waals surface area contributed by atoms with Gasteiger partial charge in [0.25, 0.3) is 0 Å². The third-order valence-corrected chi connectivity index (χ3v) is 4.49. The first kappa shape index (κ1) is 23.4. The Morgan fingerprint density at radius 3 is 2.29 bits per heavy atom. The van der Waals surface area contributed by atoms with E-state index in [4.69, 9.17) is 0 Å². The predicted octanol–water partition coefficient (Wildman–Crippen LogP) is 1.45. The lowest BCUT2D eigenvalue weighted by Gasteiger charge is -2.32. The Balaban J connectivity index is 3.11. The van der Waals surface area contributed by atoms with Crippen molar-refractivity contribution >= 4 is 17.8 Å². The van der Waals surface area contributed by atoms with Crippen LogP contribution in [0.1, 0.15) is 26.3 Å². The van der Waals surface area contributed by atoms with E-state index in [-0.39, 0.29) is 29.9 Å². The van der Waals surface area contributed by atoms with Crippen LogP contribution in [0.4, 0.5) is 0 Å². The lowest BCUT2D eigenvalue weighted by atomic mass is 9.98. The maximum absolute atomic E-state index is 13.2. The first-order chi connectivity index (χ1) is 13.2. The van der Waals surface area contributed by atoms with Gasteiger partial charge < -0.3 is 20.6 Å². The first-order valence-electron chi connectivity index (χ1n) is 9.33. The lowest BCUT2D eigenvalue weighted by Crippen LogP contribution is -2.53. The minimum atomic E-state index is -1.02. The Bertz CT molecular complexity index is 701. The minimum absolute atomic E-state index is 0.00800. The molecule has 154 valence electrons. The van der Waals surface area contributed by atoms with Gasteiger partial charge in [-0.2, -0.15) is 0 Å². The molecule has 0 saturated heterocycles. The number of benzene rings is 1. The first-order valence-corrected chi connectivity index (χ1v) is 9.33. The largest absolute Gasteiger partial charge is 0.478 e. The summed E-state index contributed by atoms with van der Waals surface area (Å²) in [4.78, 5) is 38.0. The summed E-state index contributed by atoms with van der Waals surface area (Å²) in [6.45, 7) is 5.46. The summed E-state index contributed by atoms with van der Waals surface area (Å²) < 4.78 is 0. The maximum Gasteiger partial charge on any atom is 0.331 e. The summed E-state index contributed by atoms with van der Waals surface area (Å²) in [5.41, 5.74) is 1.11. The van der Waals surface area contributed by atoms with Crippen LogP contribution >= 0.6 is 0 Å². The molecule has 28 heavy (non-hydrogen) atoms. The number of carboxylic acid groups (broad SMARTS) is 1. The summed E-state index contributed by atoms with van der Waals surface area (Å²) >= 11 is 0. The van der Waals surface area contributed by atoms with Crippen LogP contribution in [0.5, 0.6) is 0 Å². The fourth-order valence-corrected chi connectivity index (χ4v) is 2.93. The molecule has 7 nitrogen and oxygen atoms in total. The number of likely N-dealkylation sites (N-methyl/N-ethyl adjacent to an activating group) is 2. The second-order valence-corrected chi connectivity index (χ2v) is 7.18. The smallest absolute Gasteiger partial charge is 0.331 e. The van der Waals surface area contributed by atoms with E-state index in [9.17, 15) is 19.5 Å². The Morgan fingerprint density at radius 1 is 1.18 bits per heavy atom. The zero-order chi connectivity index (χ0) is 21.3. The minimum Gasteiger partial charge on any atom is -0.478 e. The normalized spacial score (nSPS) is 13.7. The Hall–Kier alpha value is -2.67. The van der Waals surface area contributed by atoms with Crippen molar-refractivity contribution in [2.24, 2.45) is 5.92 Å². The number of nitrogens with one attached hydrogen (secondary N) is 2. The molecule has 2 atom stereocenters. The van der Waals surface area contributed by atoms with E-state index in [0.29, 0.717) is 6.42 Å². The van der Waals surface area contributed by atoms with Crippen LogP contribution in [0.25, 0.3) is 0 Å². The van der Waals surface area contributed by atoms with Gasteiger partial charge in [0.2, 0.25) is 11.8 Å². The van der Waals surface area contributed by atoms with E-state index >= 15 is 0 Å². The molecule has 2 amide bonds. The molecule has 2 unspecified atom stereocenters. The molecule has 0 heterocycles. The van der Waals surface area contributed by atoms with Gasteiger partial charge in [-0.25, -0.2) is 4.79 Å². The topological polar surface area (TPSA) is 98.7 Å². The van der Waals surface area contributed by atoms with E-state index in [0.717, 1.165) is 5.56 Å². The van der Waals surface area contributed by atoms with E-state index in [1.807, 2.05) is 44.2 Å². The van der Waals surface area contributed by atoms with Crippen LogP contribution in [0.15, 0.2) is 42.0 Å². The molecule has 0 bridgehead atoms. The molecule has 0 aliphatic rings. The number of hydrogen-bond acceptors (Lipinski definition) is 4. The highest BCUT2D eigenvalue weighted by Gasteiger charge is 2.29. The summed E-state index contributed by atoms with van der Waals surface area (Å²) in [7, 11) is 3.30. The van der Waals surface area contributed by atoms with Crippen molar-refractivity contribution in [3.8, 4) is 0 Å². The molecule has 3 N–H and O–H groups in total. The van der Waals surface area contributed by atoms with Crippen LogP contribution in [-0.2, 0) is 20.8 Å². The number of carbonyl (C=O) groups is 3. The van der Waals surface area contributed by atoms with Crippen molar-refractivity contribution in [2.75, 3.05) is 20.6 Å². The van der Waals surface area contributed by atoms with Gasteiger partial charge in [0.05, 0.1) is 12.6 Å². The Labute approximate surface area is 166 Å². The molecular weight excluding hydrogens is 358 g/mol. The van der Waals surface area contributed by atoms with Crippen LogP contribution in [-0.4, -0.2) is 60.5 Å².